The van der Waals surface area contributed by atoms with E-state index in [0.29, 0.717) is 5.56 Å². The summed E-state index contributed by atoms with van der Waals surface area (Å²) in [5, 5.41) is 15.8. The predicted octanol–water partition coefficient (Wildman–Crippen LogP) is 1.01. The molecule has 1 radical (unpaired) electrons. The second kappa shape index (κ2) is 4.43. The van der Waals surface area contributed by atoms with E-state index < -0.39 is 0 Å². The Bertz CT molecular complexity index is 225. The van der Waals surface area contributed by atoms with Crippen molar-refractivity contribution in [3.8, 4) is 5.75 Å². The van der Waals surface area contributed by atoms with Crippen LogP contribution in [0.2, 0.25) is 0 Å². The van der Waals surface area contributed by atoms with Crippen LogP contribution in [0.3, 0.4) is 0 Å². The van der Waals surface area contributed by atoms with Gasteiger partial charge in [-0.2, -0.15) is 0 Å². The van der Waals surface area contributed by atoms with Crippen LogP contribution in [0.15, 0.2) is 24.3 Å². The van der Waals surface area contributed by atoms with Crippen molar-refractivity contribution >= 4 is 33.5 Å². The Kier molecular flexibility index (Phi) is 4.26. The van der Waals surface area contributed by atoms with Crippen LogP contribution >= 0.6 is 0 Å². The molecule has 0 spiro atoms. The Hall–Kier alpha value is -0.388. The summed E-state index contributed by atoms with van der Waals surface area (Å²) in [6.07, 6.45) is 1.12. The Morgan fingerprint density at radius 1 is 1.30 bits per heavy atom. The summed E-state index contributed by atoms with van der Waals surface area (Å²) in [7, 11) is 0. The molecule has 0 atom stereocenters. The number of phenols is 1. The first-order valence-electron chi connectivity index (χ1n) is 2.63. The molecule has 0 bridgehead atoms. The Morgan fingerprint density at radius 2 is 1.90 bits per heavy atom. The number of hydrogen-bond donors (Lipinski definition) is 2. The number of hydrogen-bond acceptors (Lipinski definition) is 2. The Labute approximate surface area is 79.6 Å². The normalized spacial score (nSPS) is 8.00. The number of rotatable bonds is 1. The largest absolute Gasteiger partial charge is 0.507 e. The molecule has 1 aromatic carbocycles. The van der Waals surface area contributed by atoms with Crippen molar-refractivity contribution in [1.29, 1.82) is 5.41 Å². The summed E-state index contributed by atoms with van der Waals surface area (Å²) >= 11 is 0. The van der Waals surface area contributed by atoms with Gasteiger partial charge < -0.3 is 10.5 Å². The molecule has 0 aliphatic heterocycles. The van der Waals surface area contributed by atoms with Crippen LogP contribution in [0.4, 0.5) is 0 Å². The molecule has 2 N–H and O–H groups in total. The van der Waals surface area contributed by atoms with E-state index in [1.54, 1.807) is 24.3 Å². The molecule has 0 saturated carbocycles. The van der Waals surface area contributed by atoms with Gasteiger partial charge in [-0.3, -0.25) is 0 Å². The van der Waals surface area contributed by atoms with Gasteiger partial charge in [0, 0.05) is 39.1 Å². The molecule has 0 aliphatic rings. The second-order valence-corrected chi connectivity index (χ2v) is 1.70. The fraction of sp³-hybridized carbons (Fsp3) is 0. The zero-order chi connectivity index (χ0) is 6.69. The van der Waals surface area contributed by atoms with Gasteiger partial charge in [-0.05, 0) is 12.1 Å². The zero-order valence-electron chi connectivity index (χ0n) is 5.41. The molecule has 3 heteroatoms. The van der Waals surface area contributed by atoms with E-state index in [4.69, 9.17) is 10.5 Å². The monoisotopic (exact) mass is 326 g/mol. The summed E-state index contributed by atoms with van der Waals surface area (Å²) in [4.78, 5) is 0. The summed E-state index contributed by atoms with van der Waals surface area (Å²) in [5.41, 5.74) is 0.553. The fourth-order valence-corrected chi connectivity index (χ4v) is 0.610. The van der Waals surface area contributed by atoms with Crippen molar-refractivity contribution in [2.75, 3.05) is 0 Å². The Morgan fingerprint density at radius 3 is 2.30 bits per heavy atom. The summed E-state index contributed by atoms with van der Waals surface area (Å²) in [6, 6.07) is 6.74. The van der Waals surface area contributed by atoms with E-state index in [2.05, 4.69) is 0 Å². The molecule has 0 amide bonds. The van der Waals surface area contributed by atoms with Crippen LogP contribution in [0.25, 0.3) is 0 Å². The number of nitrogens with one attached hydrogen (secondary N) is 1. The molecular formula is C7H7NOTl. The SMILES string of the molecule is N=Cc1ccccc1O.[Tl]. The van der Waals surface area contributed by atoms with Crippen molar-refractivity contribution in [2.24, 2.45) is 0 Å². The maximum Gasteiger partial charge on any atom is 0.124 e. The van der Waals surface area contributed by atoms with Gasteiger partial charge >= 0.3 is 0 Å². The third-order valence-electron chi connectivity index (χ3n) is 1.09. The Balaban J connectivity index is 0.000000810. The minimum absolute atomic E-state index is 0. The van der Waals surface area contributed by atoms with Gasteiger partial charge in [0.25, 0.3) is 0 Å². The molecule has 2 nitrogen and oxygen atoms in total. The van der Waals surface area contributed by atoms with Gasteiger partial charge in [-0.15, -0.1) is 0 Å². The average Bonchev–Trinajstić information content (AvgIpc) is 1.89. The third kappa shape index (κ3) is 2.09. The van der Waals surface area contributed by atoms with Crippen molar-refractivity contribution in [3.05, 3.63) is 29.8 Å². The molecule has 0 saturated heterocycles. The van der Waals surface area contributed by atoms with Gasteiger partial charge in [0.05, 0.1) is 0 Å². The average molecular weight is 326 g/mol. The second-order valence-electron chi connectivity index (χ2n) is 1.70. The van der Waals surface area contributed by atoms with Gasteiger partial charge in [0.2, 0.25) is 0 Å². The third-order valence-corrected chi connectivity index (χ3v) is 1.09. The van der Waals surface area contributed by atoms with Crippen LogP contribution < -0.4 is 0 Å². The summed E-state index contributed by atoms with van der Waals surface area (Å²) in [6.45, 7) is 0. The van der Waals surface area contributed by atoms with Crippen LogP contribution in [0.5, 0.6) is 5.75 Å². The van der Waals surface area contributed by atoms with Crippen LogP contribution in [0.1, 0.15) is 5.56 Å². The quantitative estimate of drug-likeness (QED) is 0.587. The fourth-order valence-electron chi connectivity index (χ4n) is 0.610. The van der Waals surface area contributed by atoms with Crippen LogP contribution in [-0.4, -0.2) is 38.6 Å². The first-order chi connectivity index (χ1) is 4.34. The van der Waals surface area contributed by atoms with Crippen molar-refractivity contribution < 1.29 is 5.11 Å². The van der Waals surface area contributed by atoms with Gasteiger partial charge in [0.1, 0.15) is 5.75 Å². The van der Waals surface area contributed by atoms with E-state index in [1.165, 1.54) is 0 Å². The zero-order valence-corrected chi connectivity index (χ0v) is 9.90. The molecule has 49 valence electrons. The topological polar surface area (TPSA) is 44.1 Å². The maximum atomic E-state index is 8.96. The maximum absolute atomic E-state index is 8.96. The minimum atomic E-state index is 0. The number of benzene rings is 1. The first-order valence-corrected chi connectivity index (χ1v) is 2.63. The van der Waals surface area contributed by atoms with Crippen LogP contribution in [0, 0.1) is 5.41 Å². The molecule has 1 rings (SSSR count). The molecular weight excluding hydrogens is 318 g/mol. The smallest absolute Gasteiger partial charge is 0.124 e. The van der Waals surface area contributed by atoms with Crippen molar-refractivity contribution in [2.45, 2.75) is 0 Å². The summed E-state index contributed by atoms with van der Waals surface area (Å²) in [5.74, 6) is 0.160. The van der Waals surface area contributed by atoms with Gasteiger partial charge in [0.15, 0.2) is 0 Å². The van der Waals surface area contributed by atoms with Crippen molar-refractivity contribution in [1.82, 2.24) is 0 Å². The molecule has 0 unspecified atom stereocenters. The number of phenolic OH excluding ortho intramolecular Hbond substituents is 1. The number of para-hydroxylation sites is 1. The molecule has 0 aliphatic carbocycles. The van der Waals surface area contributed by atoms with E-state index in [0.717, 1.165) is 6.21 Å². The molecule has 0 fully saturated rings. The summed E-state index contributed by atoms with van der Waals surface area (Å²) < 4.78 is 0. The van der Waals surface area contributed by atoms with E-state index >= 15 is 0 Å². The van der Waals surface area contributed by atoms with E-state index in [-0.39, 0.29) is 33.0 Å². The standard InChI is InChI=1S/C7H7NO.Tl/c8-5-6-3-1-2-4-7(6)9;/h1-5,8-9H;. The van der Waals surface area contributed by atoms with Gasteiger partial charge in [-0.1, -0.05) is 12.1 Å². The van der Waals surface area contributed by atoms with E-state index in [1.807, 2.05) is 0 Å². The van der Waals surface area contributed by atoms with E-state index in [9.17, 15) is 0 Å². The molecule has 10 heavy (non-hydrogen) atoms. The molecule has 1 aromatic rings. The van der Waals surface area contributed by atoms with Crippen LogP contribution in [-0.2, 0) is 0 Å². The molecule has 0 heterocycles. The molecule has 0 aromatic heterocycles. The van der Waals surface area contributed by atoms with Crippen molar-refractivity contribution in [3.63, 3.8) is 0 Å². The minimum Gasteiger partial charge on any atom is -0.507 e. The predicted molar refractivity (Wildman–Crippen MR) is 41.7 cm³/mol. The number of aromatic hydroxyl groups is 1. The van der Waals surface area contributed by atoms with Gasteiger partial charge in [-0.25, -0.2) is 0 Å². The first kappa shape index (κ1) is 9.61.